The van der Waals surface area contributed by atoms with E-state index < -0.39 is 6.04 Å². The maximum Gasteiger partial charge on any atom is 0.251 e. The first-order valence-electron chi connectivity index (χ1n) is 9.35. The first kappa shape index (κ1) is 19.8. The second kappa shape index (κ2) is 9.80. The van der Waals surface area contributed by atoms with E-state index in [1.54, 1.807) is 24.3 Å². The number of hydrogen-bond acceptors (Lipinski definition) is 4. The predicted octanol–water partition coefficient (Wildman–Crippen LogP) is 4.74. The fraction of sp³-hybridized carbons (Fsp3) is 0.227. The zero-order valence-electron chi connectivity index (χ0n) is 15.7. The van der Waals surface area contributed by atoms with Crippen LogP contribution in [0.2, 0.25) is 0 Å². The van der Waals surface area contributed by atoms with E-state index in [0.717, 1.165) is 24.1 Å². The molecule has 0 radical (unpaired) electrons. The molecule has 0 bridgehead atoms. The Morgan fingerprint density at radius 1 is 1.04 bits per heavy atom. The topological polar surface area (TPSA) is 71.1 Å². The van der Waals surface area contributed by atoms with Crippen LogP contribution < -0.4 is 10.6 Å². The highest BCUT2D eigenvalue weighted by atomic mass is 32.1. The zero-order chi connectivity index (χ0) is 19.8. The number of thiazole rings is 1. The molecule has 0 spiro atoms. The van der Waals surface area contributed by atoms with Gasteiger partial charge in [-0.15, -0.1) is 11.3 Å². The molecule has 2 aromatic carbocycles. The average molecular weight is 394 g/mol. The van der Waals surface area contributed by atoms with Crippen LogP contribution in [0.3, 0.4) is 0 Å². The number of unbranched alkanes of at least 4 members (excludes halogenated alkanes) is 1. The number of carbonyl (C=O) groups is 2. The molecule has 6 heteroatoms. The highest BCUT2D eigenvalue weighted by Crippen LogP contribution is 2.24. The Balaban J connectivity index is 1.68. The van der Waals surface area contributed by atoms with Crippen LogP contribution in [0.25, 0.3) is 11.3 Å². The molecule has 3 rings (SSSR count). The van der Waals surface area contributed by atoms with Crippen LogP contribution in [0.1, 0.15) is 36.5 Å². The lowest BCUT2D eigenvalue weighted by molar-refractivity contribution is -0.118. The minimum atomic E-state index is -0.600. The number of nitrogens with one attached hydrogen (secondary N) is 2. The third-order valence-corrected chi connectivity index (χ3v) is 5.07. The first-order valence-corrected chi connectivity index (χ1v) is 10.2. The fourth-order valence-electron chi connectivity index (χ4n) is 2.77. The highest BCUT2D eigenvalue weighted by Gasteiger charge is 2.22. The van der Waals surface area contributed by atoms with Crippen LogP contribution >= 0.6 is 11.3 Å². The number of carbonyl (C=O) groups excluding carboxylic acids is 2. The molecule has 0 aliphatic rings. The van der Waals surface area contributed by atoms with Gasteiger partial charge in [-0.25, -0.2) is 4.98 Å². The van der Waals surface area contributed by atoms with Gasteiger partial charge in [0.1, 0.15) is 6.04 Å². The Kier molecular flexibility index (Phi) is 6.92. The molecule has 5 nitrogen and oxygen atoms in total. The van der Waals surface area contributed by atoms with Gasteiger partial charge in [-0.1, -0.05) is 68.3 Å². The van der Waals surface area contributed by atoms with Crippen LogP contribution in [0, 0.1) is 0 Å². The SMILES string of the molecule is CCCC[C@H](NC(=O)c1ccccc1)C(=O)Nc1nc(-c2ccccc2)cs1. The van der Waals surface area contributed by atoms with Gasteiger partial charge in [0.2, 0.25) is 5.91 Å². The van der Waals surface area contributed by atoms with Crippen molar-refractivity contribution < 1.29 is 9.59 Å². The van der Waals surface area contributed by atoms with Crippen molar-refractivity contribution >= 4 is 28.3 Å². The number of aromatic nitrogens is 1. The van der Waals surface area contributed by atoms with Crippen molar-refractivity contribution in [3.63, 3.8) is 0 Å². The summed E-state index contributed by atoms with van der Waals surface area (Å²) in [5.74, 6) is -0.493. The van der Waals surface area contributed by atoms with Gasteiger partial charge in [-0.05, 0) is 18.6 Å². The van der Waals surface area contributed by atoms with Crippen molar-refractivity contribution in [3.05, 3.63) is 71.6 Å². The quantitative estimate of drug-likeness (QED) is 0.581. The maximum atomic E-state index is 12.8. The van der Waals surface area contributed by atoms with Gasteiger partial charge >= 0.3 is 0 Å². The van der Waals surface area contributed by atoms with Crippen LogP contribution in [-0.2, 0) is 4.79 Å². The van der Waals surface area contributed by atoms with Gasteiger partial charge in [0.25, 0.3) is 5.91 Å². The van der Waals surface area contributed by atoms with Gasteiger partial charge in [-0.3, -0.25) is 9.59 Å². The first-order chi connectivity index (χ1) is 13.7. The summed E-state index contributed by atoms with van der Waals surface area (Å²) in [5.41, 5.74) is 2.36. The van der Waals surface area contributed by atoms with E-state index in [1.807, 2.05) is 41.8 Å². The normalized spacial score (nSPS) is 11.6. The van der Waals surface area contributed by atoms with Gasteiger partial charge < -0.3 is 10.6 Å². The van der Waals surface area contributed by atoms with E-state index in [0.29, 0.717) is 17.1 Å². The molecule has 2 amide bonds. The van der Waals surface area contributed by atoms with Crippen molar-refractivity contribution in [1.82, 2.24) is 10.3 Å². The summed E-state index contributed by atoms with van der Waals surface area (Å²) in [4.78, 5) is 29.7. The lowest BCUT2D eigenvalue weighted by atomic mass is 10.1. The Labute approximate surface area is 168 Å². The number of amides is 2. The molecule has 0 fully saturated rings. The monoisotopic (exact) mass is 393 g/mol. The molecule has 1 heterocycles. The van der Waals surface area contributed by atoms with Crippen molar-refractivity contribution in [3.8, 4) is 11.3 Å². The van der Waals surface area contributed by atoms with E-state index in [2.05, 4.69) is 22.5 Å². The van der Waals surface area contributed by atoms with Crippen molar-refractivity contribution in [2.75, 3.05) is 5.32 Å². The lowest BCUT2D eigenvalue weighted by Crippen LogP contribution is -2.43. The molecular formula is C22H23N3O2S. The summed E-state index contributed by atoms with van der Waals surface area (Å²) in [5, 5.41) is 8.14. The summed E-state index contributed by atoms with van der Waals surface area (Å²) < 4.78 is 0. The Bertz CT molecular complexity index is 910. The molecule has 0 saturated heterocycles. The maximum absolute atomic E-state index is 12.8. The van der Waals surface area contributed by atoms with E-state index in [-0.39, 0.29) is 11.8 Å². The third-order valence-electron chi connectivity index (χ3n) is 4.31. The molecular weight excluding hydrogens is 370 g/mol. The fourth-order valence-corrected chi connectivity index (χ4v) is 3.50. The van der Waals surface area contributed by atoms with E-state index in [4.69, 9.17) is 0 Å². The largest absolute Gasteiger partial charge is 0.340 e. The molecule has 3 aromatic rings. The summed E-state index contributed by atoms with van der Waals surface area (Å²) in [6.45, 7) is 2.06. The molecule has 144 valence electrons. The standard InChI is InChI=1S/C22H23N3O2S/c1-2-3-14-18(23-20(26)17-12-8-5-9-13-17)21(27)25-22-24-19(15-28-22)16-10-6-4-7-11-16/h4-13,15,18H,2-3,14H2,1H3,(H,23,26)(H,24,25,27)/t18-/m0/s1. The highest BCUT2D eigenvalue weighted by molar-refractivity contribution is 7.14. The lowest BCUT2D eigenvalue weighted by Gasteiger charge is -2.17. The zero-order valence-corrected chi connectivity index (χ0v) is 16.5. The van der Waals surface area contributed by atoms with Gasteiger partial charge in [0.05, 0.1) is 5.69 Å². The molecule has 0 aliphatic heterocycles. The van der Waals surface area contributed by atoms with Crippen LogP contribution in [-0.4, -0.2) is 22.8 Å². The van der Waals surface area contributed by atoms with Gasteiger partial charge in [-0.2, -0.15) is 0 Å². The minimum absolute atomic E-state index is 0.244. The smallest absolute Gasteiger partial charge is 0.251 e. The number of nitrogens with zero attached hydrogens (tertiary/aromatic N) is 1. The Morgan fingerprint density at radius 3 is 2.39 bits per heavy atom. The van der Waals surface area contributed by atoms with E-state index in [1.165, 1.54) is 11.3 Å². The predicted molar refractivity (Wildman–Crippen MR) is 113 cm³/mol. The average Bonchev–Trinajstić information content (AvgIpc) is 3.20. The van der Waals surface area contributed by atoms with Crippen molar-refractivity contribution in [2.45, 2.75) is 32.2 Å². The van der Waals surface area contributed by atoms with Crippen LogP contribution in [0.4, 0.5) is 5.13 Å². The van der Waals surface area contributed by atoms with Gasteiger partial charge in [0.15, 0.2) is 5.13 Å². The summed E-state index contributed by atoms with van der Waals surface area (Å²) in [7, 11) is 0. The molecule has 0 saturated carbocycles. The van der Waals surface area contributed by atoms with Crippen LogP contribution in [0.15, 0.2) is 66.0 Å². The van der Waals surface area contributed by atoms with Crippen LogP contribution in [0.5, 0.6) is 0 Å². The Morgan fingerprint density at radius 2 is 1.71 bits per heavy atom. The number of hydrogen-bond donors (Lipinski definition) is 2. The summed E-state index contributed by atoms with van der Waals surface area (Å²) in [6.07, 6.45) is 2.37. The molecule has 1 aromatic heterocycles. The van der Waals surface area contributed by atoms with Crippen molar-refractivity contribution in [1.29, 1.82) is 0 Å². The van der Waals surface area contributed by atoms with Crippen molar-refractivity contribution in [2.24, 2.45) is 0 Å². The number of benzene rings is 2. The minimum Gasteiger partial charge on any atom is -0.340 e. The molecule has 0 unspecified atom stereocenters. The molecule has 28 heavy (non-hydrogen) atoms. The van der Waals surface area contributed by atoms with Gasteiger partial charge in [0, 0.05) is 16.5 Å². The number of anilines is 1. The summed E-state index contributed by atoms with van der Waals surface area (Å²) in [6, 6.07) is 18.1. The van der Waals surface area contributed by atoms with E-state index in [9.17, 15) is 9.59 Å². The summed E-state index contributed by atoms with van der Waals surface area (Å²) >= 11 is 1.37. The second-order valence-corrected chi connectivity index (χ2v) is 7.29. The Hall–Kier alpha value is -2.99. The molecule has 0 aliphatic carbocycles. The second-order valence-electron chi connectivity index (χ2n) is 6.43. The van der Waals surface area contributed by atoms with E-state index >= 15 is 0 Å². The third kappa shape index (κ3) is 5.27. The molecule has 1 atom stereocenters. The molecule has 2 N–H and O–H groups in total. The number of rotatable bonds is 8.